The number of halogens is 2. The molecule has 0 saturated carbocycles. The molecule has 100 valence electrons. The standard InChI is InChI=1S/C12H15BrFNO3/c1-18-8-6-15(5-7-16)12(17)9-3-2-4-10(13)11(9)14/h2-4,16H,5-8H2,1H3. The predicted octanol–water partition coefficient (Wildman–Crippen LogP) is 1.67. The number of amides is 1. The Morgan fingerprint density at radius 3 is 2.83 bits per heavy atom. The number of ether oxygens (including phenoxy) is 1. The van der Waals surface area contributed by atoms with Gasteiger partial charge in [0.2, 0.25) is 0 Å². The zero-order chi connectivity index (χ0) is 13.5. The summed E-state index contributed by atoms with van der Waals surface area (Å²) in [5, 5.41) is 8.92. The van der Waals surface area contributed by atoms with Crippen molar-refractivity contribution in [3.63, 3.8) is 0 Å². The molecular formula is C12H15BrFNO3. The Hall–Kier alpha value is -0.980. The third kappa shape index (κ3) is 3.76. The second-order valence-electron chi connectivity index (χ2n) is 3.61. The van der Waals surface area contributed by atoms with Crippen molar-refractivity contribution in [3.8, 4) is 0 Å². The molecule has 0 aromatic heterocycles. The van der Waals surface area contributed by atoms with Crippen LogP contribution in [0.15, 0.2) is 22.7 Å². The minimum atomic E-state index is -0.595. The Morgan fingerprint density at radius 1 is 1.50 bits per heavy atom. The summed E-state index contributed by atoms with van der Waals surface area (Å²) in [4.78, 5) is 13.5. The van der Waals surface area contributed by atoms with Gasteiger partial charge in [0.25, 0.3) is 5.91 Å². The Bertz CT molecular complexity index is 414. The summed E-state index contributed by atoms with van der Waals surface area (Å²) >= 11 is 3.04. The van der Waals surface area contributed by atoms with Gasteiger partial charge in [-0.1, -0.05) is 6.07 Å². The highest BCUT2D eigenvalue weighted by Crippen LogP contribution is 2.19. The van der Waals surface area contributed by atoms with Crippen molar-refractivity contribution in [2.45, 2.75) is 0 Å². The number of aliphatic hydroxyl groups is 1. The summed E-state index contributed by atoms with van der Waals surface area (Å²) < 4.78 is 18.9. The molecule has 0 atom stereocenters. The van der Waals surface area contributed by atoms with Gasteiger partial charge < -0.3 is 14.7 Å². The lowest BCUT2D eigenvalue weighted by Gasteiger charge is -2.21. The van der Waals surface area contributed by atoms with E-state index in [0.29, 0.717) is 13.2 Å². The lowest BCUT2D eigenvalue weighted by Crippen LogP contribution is -2.36. The normalized spacial score (nSPS) is 10.4. The Kier molecular flexibility index (Phi) is 6.24. The van der Waals surface area contributed by atoms with Crippen molar-refractivity contribution in [1.29, 1.82) is 0 Å². The maximum atomic E-state index is 13.8. The van der Waals surface area contributed by atoms with E-state index in [4.69, 9.17) is 9.84 Å². The highest BCUT2D eigenvalue weighted by atomic mass is 79.9. The maximum Gasteiger partial charge on any atom is 0.257 e. The summed E-state index contributed by atoms with van der Waals surface area (Å²) in [6, 6.07) is 4.53. The van der Waals surface area contributed by atoms with Gasteiger partial charge in [0.15, 0.2) is 0 Å². The van der Waals surface area contributed by atoms with E-state index in [1.54, 1.807) is 6.07 Å². The molecule has 1 aromatic rings. The fourth-order valence-corrected chi connectivity index (χ4v) is 1.84. The van der Waals surface area contributed by atoms with Gasteiger partial charge in [-0.15, -0.1) is 0 Å². The van der Waals surface area contributed by atoms with Crippen LogP contribution in [0.2, 0.25) is 0 Å². The fraction of sp³-hybridized carbons (Fsp3) is 0.417. The lowest BCUT2D eigenvalue weighted by atomic mass is 10.2. The molecule has 0 heterocycles. The number of nitrogens with zero attached hydrogens (tertiary/aromatic N) is 1. The minimum Gasteiger partial charge on any atom is -0.395 e. The number of carbonyl (C=O) groups is 1. The first-order chi connectivity index (χ1) is 8.61. The zero-order valence-electron chi connectivity index (χ0n) is 10.0. The second kappa shape index (κ2) is 7.45. The van der Waals surface area contributed by atoms with Gasteiger partial charge in [0, 0.05) is 20.2 Å². The molecule has 0 bridgehead atoms. The van der Waals surface area contributed by atoms with Gasteiger partial charge in [-0.05, 0) is 28.1 Å². The van der Waals surface area contributed by atoms with Crippen LogP contribution in [0.5, 0.6) is 0 Å². The molecule has 1 amide bonds. The third-order valence-corrected chi connectivity index (χ3v) is 3.02. The van der Waals surface area contributed by atoms with Crippen molar-refractivity contribution >= 4 is 21.8 Å². The van der Waals surface area contributed by atoms with Gasteiger partial charge in [-0.2, -0.15) is 0 Å². The lowest BCUT2D eigenvalue weighted by molar-refractivity contribution is 0.0652. The van der Waals surface area contributed by atoms with Crippen LogP contribution in [0.3, 0.4) is 0 Å². The van der Waals surface area contributed by atoms with E-state index in [-0.39, 0.29) is 23.2 Å². The summed E-state index contributed by atoms with van der Waals surface area (Å²) in [6.45, 7) is 0.614. The molecule has 1 aromatic carbocycles. The first-order valence-corrected chi connectivity index (χ1v) is 6.24. The largest absolute Gasteiger partial charge is 0.395 e. The summed E-state index contributed by atoms with van der Waals surface area (Å²) in [5.41, 5.74) is -0.0195. The van der Waals surface area contributed by atoms with E-state index in [0.717, 1.165) is 0 Å². The number of aliphatic hydroxyl groups excluding tert-OH is 1. The molecule has 0 aliphatic heterocycles. The van der Waals surface area contributed by atoms with Crippen molar-refractivity contribution in [2.24, 2.45) is 0 Å². The monoisotopic (exact) mass is 319 g/mol. The van der Waals surface area contributed by atoms with Crippen LogP contribution in [0.25, 0.3) is 0 Å². The maximum absolute atomic E-state index is 13.8. The van der Waals surface area contributed by atoms with Crippen molar-refractivity contribution in [1.82, 2.24) is 4.90 Å². The molecule has 0 spiro atoms. The van der Waals surface area contributed by atoms with Gasteiger partial charge in [0.1, 0.15) is 5.82 Å². The molecule has 18 heavy (non-hydrogen) atoms. The summed E-state index contributed by atoms with van der Waals surface area (Å²) in [7, 11) is 1.52. The van der Waals surface area contributed by atoms with Gasteiger partial charge in [-0.25, -0.2) is 4.39 Å². The highest BCUT2D eigenvalue weighted by molar-refractivity contribution is 9.10. The van der Waals surface area contributed by atoms with Crippen LogP contribution in [0.4, 0.5) is 4.39 Å². The van der Waals surface area contributed by atoms with Crippen molar-refractivity contribution < 1.29 is 19.0 Å². The zero-order valence-corrected chi connectivity index (χ0v) is 11.6. The summed E-state index contributed by atoms with van der Waals surface area (Å²) in [6.07, 6.45) is 0. The first kappa shape index (κ1) is 15.1. The van der Waals surface area contributed by atoms with Crippen LogP contribution < -0.4 is 0 Å². The van der Waals surface area contributed by atoms with Crippen molar-refractivity contribution in [2.75, 3.05) is 33.4 Å². The Balaban J connectivity index is 2.90. The van der Waals surface area contributed by atoms with E-state index >= 15 is 0 Å². The number of hydrogen-bond donors (Lipinski definition) is 1. The first-order valence-electron chi connectivity index (χ1n) is 5.45. The molecule has 1 rings (SSSR count). The number of rotatable bonds is 6. The number of carbonyl (C=O) groups excluding carboxylic acids is 1. The van der Waals surface area contributed by atoms with E-state index in [1.165, 1.54) is 24.1 Å². The molecule has 0 aliphatic carbocycles. The van der Waals surface area contributed by atoms with Crippen LogP contribution in [-0.2, 0) is 4.74 Å². The quantitative estimate of drug-likeness (QED) is 0.867. The average molecular weight is 320 g/mol. The molecule has 1 N–H and O–H groups in total. The molecule has 6 heteroatoms. The topological polar surface area (TPSA) is 49.8 Å². The van der Waals surface area contributed by atoms with Crippen LogP contribution >= 0.6 is 15.9 Å². The Morgan fingerprint density at radius 2 is 2.22 bits per heavy atom. The number of benzene rings is 1. The fourth-order valence-electron chi connectivity index (χ4n) is 1.48. The van der Waals surface area contributed by atoms with E-state index < -0.39 is 11.7 Å². The average Bonchev–Trinajstić information content (AvgIpc) is 2.37. The van der Waals surface area contributed by atoms with Crippen LogP contribution in [0.1, 0.15) is 10.4 Å². The molecule has 0 radical (unpaired) electrons. The Labute approximate surface area is 113 Å². The predicted molar refractivity (Wildman–Crippen MR) is 69.0 cm³/mol. The third-order valence-electron chi connectivity index (χ3n) is 2.40. The molecule has 4 nitrogen and oxygen atoms in total. The van der Waals surface area contributed by atoms with E-state index in [2.05, 4.69) is 15.9 Å². The molecule has 0 unspecified atom stereocenters. The van der Waals surface area contributed by atoms with Gasteiger partial charge >= 0.3 is 0 Å². The molecule has 0 fully saturated rings. The van der Waals surface area contributed by atoms with Crippen molar-refractivity contribution in [3.05, 3.63) is 34.1 Å². The number of methoxy groups -OCH3 is 1. The van der Waals surface area contributed by atoms with Gasteiger partial charge in [0.05, 0.1) is 23.2 Å². The van der Waals surface area contributed by atoms with Crippen LogP contribution in [-0.4, -0.2) is 49.3 Å². The highest BCUT2D eigenvalue weighted by Gasteiger charge is 2.19. The van der Waals surface area contributed by atoms with Gasteiger partial charge in [-0.3, -0.25) is 4.79 Å². The molecule has 0 saturated heterocycles. The summed E-state index contributed by atoms with van der Waals surface area (Å²) in [5.74, 6) is -1.05. The molecule has 0 aliphatic rings. The minimum absolute atomic E-state index is 0.0195. The van der Waals surface area contributed by atoms with E-state index in [1.807, 2.05) is 0 Å². The van der Waals surface area contributed by atoms with E-state index in [9.17, 15) is 9.18 Å². The molecular weight excluding hydrogens is 305 g/mol. The second-order valence-corrected chi connectivity index (χ2v) is 4.46. The SMILES string of the molecule is COCCN(CCO)C(=O)c1cccc(Br)c1F. The smallest absolute Gasteiger partial charge is 0.257 e. The van der Waals surface area contributed by atoms with Crippen LogP contribution in [0, 0.1) is 5.82 Å². The number of hydrogen-bond acceptors (Lipinski definition) is 3.